The first-order valence-electron chi connectivity index (χ1n) is 13.2. The van der Waals surface area contributed by atoms with Gasteiger partial charge in [0.1, 0.15) is 11.9 Å². The first-order valence-corrected chi connectivity index (χ1v) is 13.2. The number of benzene rings is 1. The summed E-state index contributed by atoms with van der Waals surface area (Å²) in [4.78, 5) is 53.7. The summed E-state index contributed by atoms with van der Waals surface area (Å²) in [6.45, 7) is 11.9. The average molecular weight is 534 g/mol. The van der Waals surface area contributed by atoms with Crippen LogP contribution < -0.4 is 20.4 Å². The van der Waals surface area contributed by atoms with E-state index in [1.54, 1.807) is 11.0 Å². The van der Waals surface area contributed by atoms with Crippen molar-refractivity contribution in [3.8, 4) is 0 Å². The van der Waals surface area contributed by atoms with E-state index in [1.165, 1.54) is 7.05 Å². The number of carbonyl (C=O) groups excluding carboxylic acids is 3. The van der Waals surface area contributed by atoms with E-state index >= 15 is 0 Å². The van der Waals surface area contributed by atoms with Crippen LogP contribution in [0.15, 0.2) is 12.1 Å². The van der Waals surface area contributed by atoms with Gasteiger partial charge < -0.3 is 40.0 Å². The summed E-state index contributed by atoms with van der Waals surface area (Å²) in [6.07, 6.45) is 0.951. The Balaban J connectivity index is 0.00000247. The molecular weight excluding hydrogens is 490 g/mol. The van der Waals surface area contributed by atoms with E-state index in [4.69, 9.17) is 4.74 Å². The average Bonchev–Trinajstić information content (AvgIpc) is 2.87. The summed E-state index contributed by atoms with van der Waals surface area (Å²) in [5.74, 6) is -1.31. The molecule has 1 aromatic rings. The highest BCUT2D eigenvalue weighted by atomic mass is 16.6. The number of fused-ring (bicyclic) bond motifs is 3. The van der Waals surface area contributed by atoms with Crippen molar-refractivity contribution in [2.24, 2.45) is 0 Å². The SMILES string of the molecule is CC.CNC(=O)C(CCC=O)NCc1cc2c(cc1C(=O)O)N(C)CC1CN(C(=O)OC(C)(C)C)CCN21. The standard InChI is InChI=1S/C25H37N5O6.C2H6/c1-25(2,3)36-24(35)29-8-9-30-17(15-29)14-28(5)20-12-18(23(33)34)16(11-21(20)30)13-27-19(7-6-10-31)22(32)26-4;1-2/h10-12,17,19,27H,6-9,13-15H2,1-5H3,(H,26,32)(H,33,34);1-2H3. The second-order valence-electron chi connectivity index (χ2n) is 10.2. The Morgan fingerprint density at radius 2 is 1.84 bits per heavy atom. The fraction of sp³-hybridized carbons (Fsp3) is 0.630. The molecule has 11 heteroatoms. The van der Waals surface area contributed by atoms with Gasteiger partial charge in [-0.2, -0.15) is 0 Å². The Labute approximate surface area is 225 Å². The summed E-state index contributed by atoms with van der Waals surface area (Å²) in [5.41, 5.74) is 1.83. The maximum Gasteiger partial charge on any atom is 0.410 e. The van der Waals surface area contributed by atoms with Crippen molar-refractivity contribution in [3.05, 3.63) is 23.3 Å². The predicted molar refractivity (Wildman–Crippen MR) is 147 cm³/mol. The zero-order valence-electron chi connectivity index (χ0n) is 23.7. The van der Waals surface area contributed by atoms with Crippen LogP contribution in [0.1, 0.15) is 63.4 Å². The molecule has 1 fully saturated rings. The van der Waals surface area contributed by atoms with Crippen LogP contribution in [0.5, 0.6) is 0 Å². The van der Waals surface area contributed by atoms with Crippen molar-refractivity contribution < 1.29 is 29.0 Å². The summed E-state index contributed by atoms with van der Waals surface area (Å²) < 4.78 is 5.55. The third-order valence-corrected chi connectivity index (χ3v) is 6.45. The molecule has 2 aliphatic heterocycles. The smallest absolute Gasteiger partial charge is 0.410 e. The number of nitrogens with zero attached hydrogens (tertiary/aromatic N) is 3. The van der Waals surface area contributed by atoms with Crippen LogP contribution in [0.2, 0.25) is 0 Å². The third-order valence-electron chi connectivity index (χ3n) is 6.45. The van der Waals surface area contributed by atoms with Gasteiger partial charge in [0.25, 0.3) is 0 Å². The molecule has 1 aromatic carbocycles. The van der Waals surface area contributed by atoms with Crippen LogP contribution in [-0.2, 0) is 20.9 Å². The number of ether oxygens (including phenoxy) is 1. The van der Waals surface area contributed by atoms with Crippen molar-refractivity contribution in [1.29, 1.82) is 0 Å². The molecule has 212 valence electrons. The number of aromatic carboxylic acids is 1. The van der Waals surface area contributed by atoms with Gasteiger partial charge in [0.05, 0.1) is 29.0 Å². The summed E-state index contributed by atoms with van der Waals surface area (Å²) in [7, 11) is 3.43. The van der Waals surface area contributed by atoms with Crippen molar-refractivity contribution >= 4 is 35.6 Å². The van der Waals surface area contributed by atoms with Gasteiger partial charge in [0.15, 0.2) is 0 Å². The van der Waals surface area contributed by atoms with E-state index in [0.717, 1.165) is 17.7 Å². The molecule has 0 aliphatic carbocycles. The van der Waals surface area contributed by atoms with E-state index in [0.29, 0.717) is 38.2 Å². The van der Waals surface area contributed by atoms with Crippen LogP contribution >= 0.6 is 0 Å². The van der Waals surface area contributed by atoms with Crippen LogP contribution in [0, 0.1) is 0 Å². The fourth-order valence-electron chi connectivity index (χ4n) is 4.70. The number of carboxylic acids is 1. The third kappa shape index (κ3) is 7.59. The molecule has 11 nitrogen and oxygen atoms in total. The molecule has 3 N–H and O–H groups in total. The molecule has 38 heavy (non-hydrogen) atoms. The van der Waals surface area contributed by atoms with Gasteiger partial charge in [0.2, 0.25) is 5.91 Å². The van der Waals surface area contributed by atoms with Crippen LogP contribution in [0.3, 0.4) is 0 Å². The number of rotatable bonds is 8. The Morgan fingerprint density at radius 3 is 2.42 bits per heavy atom. The number of hydrogen-bond donors (Lipinski definition) is 3. The van der Waals surface area contributed by atoms with Gasteiger partial charge in [0, 0.05) is 53.2 Å². The molecule has 0 saturated carbocycles. The number of piperazine rings is 1. The minimum absolute atomic E-state index is 0.0199. The number of anilines is 2. The maximum atomic E-state index is 12.6. The molecule has 0 aromatic heterocycles. The molecule has 3 rings (SSSR count). The lowest BCUT2D eigenvalue weighted by Crippen LogP contribution is -2.60. The van der Waals surface area contributed by atoms with Crippen LogP contribution in [-0.4, -0.2) is 92.2 Å². The van der Waals surface area contributed by atoms with Gasteiger partial charge >= 0.3 is 12.1 Å². The monoisotopic (exact) mass is 533 g/mol. The minimum atomic E-state index is -1.05. The normalized spacial score (nSPS) is 17.3. The lowest BCUT2D eigenvalue weighted by Gasteiger charge is -2.49. The van der Waals surface area contributed by atoms with Gasteiger partial charge in [-0.25, -0.2) is 9.59 Å². The molecule has 2 atom stereocenters. The number of hydrogen-bond acceptors (Lipinski definition) is 8. The van der Waals surface area contributed by atoms with Crippen molar-refractivity contribution in [3.63, 3.8) is 0 Å². The lowest BCUT2D eigenvalue weighted by molar-refractivity contribution is -0.123. The lowest BCUT2D eigenvalue weighted by atomic mass is 9.98. The highest BCUT2D eigenvalue weighted by molar-refractivity contribution is 5.93. The number of carbonyl (C=O) groups is 4. The number of aldehydes is 1. The molecule has 1 saturated heterocycles. The second kappa shape index (κ2) is 13.5. The number of nitrogens with one attached hydrogen (secondary N) is 2. The molecule has 0 radical (unpaired) electrons. The highest BCUT2D eigenvalue weighted by Crippen LogP contribution is 2.38. The predicted octanol–water partition coefficient (Wildman–Crippen LogP) is 2.47. The molecule has 2 unspecified atom stereocenters. The molecule has 2 heterocycles. The molecule has 2 amide bonds. The highest BCUT2D eigenvalue weighted by Gasteiger charge is 2.37. The Hall–Kier alpha value is -3.34. The summed E-state index contributed by atoms with van der Waals surface area (Å²) >= 11 is 0. The summed E-state index contributed by atoms with van der Waals surface area (Å²) in [5, 5.41) is 15.6. The molecule has 0 bridgehead atoms. The zero-order chi connectivity index (χ0) is 28.6. The summed E-state index contributed by atoms with van der Waals surface area (Å²) in [6, 6.07) is 2.93. The number of likely N-dealkylation sites (N-methyl/N-ethyl adjacent to an activating group) is 2. The van der Waals surface area contributed by atoms with Gasteiger partial charge in [-0.1, -0.05) is 13.8 Å². The Bertz CT molecular complexity index is 1010. The number of amides is 2. The van der Waals surface area contributed by atoms with Gasteiger partial charge in [-0.3, -0.25) is 4.79 Å². The Morgan fingerprint density at radius 1 is 1.16 bits per heavy atom. The van der Waals surface area contributed by atoms with Crippen LogP contribution in [0.25, 0.3) is 0 Å². The largest absolute Gasteiger partial charge is 0.478 e. The van der Waals surface area contributed by atoms with Crippen molar-refractivity contribution in [2.45, 2.75) is 71.7 Å². The second-order valence-corrected chi connectivity index (χ2v) is 10.2. The number of carboxylic acid groups (broad SMARTS) is 1. The van der Waals surface area contributed by atoms with E-state index in [-0.39, 0.29) is 36.6 Å². The first kappa shape index (κ1) is 30.9. The van der Waals surface area contributed by atoms with Crippen LogP contribution in [0.4, 0.5) is 16.2 Å². The molecular formula is C27H43N5O6. The van der Waals surface area contributed by atoms with E-state index in [1.807, 2.05) is 52.6 Å². The first-order chi connectivity index (χ1) is 17.9. The van der Waals surface area contributed by atoms with Gasteiger partial charge in [-0.15, -0.1) is 0 Å². The van der Waals surface area contributed by atoms with E-state index in [9.17, 15) is 24.3 Å². The zero-order valence-corrected chi connectivity index (χ0v) is 23.7. The minimum Gasteiger partial charge on any atom is -0.478 e. The maximum absolute atomic E-state index is 12.6. The molecule has 2 aliphatic rings. The molecule has 0 spiro atoms. The van der Waals surface area contributed by atoms with E-state index in [2.05, 4.69) is 15.5 Å². The topological polar surface area (TPSA) is 132 Å². The van der Waals surface area contributed by atoms with Gasteiger partial charge in [-0.05, 0) is 44.9 Å². The van der Waals surface area contributed by atoms with Crippen molar-refractivity contribution in [2.75, 3.05) is 50.1 Å². The fourth-order valence-corrected chi connectivity index (χ4v) is 4.70. The van der Waals surface area contributed by atoms with Crippen molar-refractivity contribution in [1.82, 2.24) is 15.5 Å². The van der Waals surface area contributed by atoms with E-state index < -0.39 is 17.6 Å². The quantitative estimate of drug-likeness (QED) is 0.431. The Kier molecular flexibility index (Phi) is 10.9.